The van der Waals surface area contributed by atoms with Gasteiger partial charge in [0, 0.05) is 6.07 Å². The fraction of sp³-hybridized carbons (Fsp3) is 0. The molecule has 0 heterocycles. The topological polar surface area (TPSA) is 92.8 Å². The maximum atomic E-state index is 10.8. The second-order valence-corrected chi connectivity index (χ2v) is 3.77. The molecule has 2 aromatic carbocycles. The molecule has 0 aliphatic rings. The molecule has 0 aliphatic heterocycles. The Labute approximate surface area is 109 Å². The molecule has 6 nitrogen and oxygen atoms in total. The highest BCUT2D eigenvalue weighted by Crippen LogP contribution is 2.30. The molecule has 0 saturated carbocycles. The lowest BCUT2D eigenvalue weighted by atomic mass is 9.80. The first-order valence-electron chi connectivity index (χ1n) is 5.45. The van der Waals surface area contributed by atoms with Crippen molar-refractivity contribution in [3.63, 3.8) is 0 Å². The first kappa shape index (κ1) is 13.1. The van der Waals surface area contributed by atoms with Crippen molar-refractivity contribution >= 4 is 18.3 Å². The zero-order valence-electron chi connectivity index (χ0n) is 9.76. The largest absolute Gasteiger partial charge is 0.488 e. The Morgan fingerprint density at radius 2 is 1.68 bits per heavy atom. The highest BCUT2D eigenvalue weighted by atomic mass is 16.6. The van der Waals surface area contributed by atoms with Crippen molar-refractivity contribution in [1.82, 2.24) is 0 Å². The van der Waals surface area contributed by atoms with E-state index in [1.807, 2.05) is 0 Å². The SMILES string of the molecule is O=[N+]([O-])c1ccccc1Oc1ccc(B(O)O)cc1. The van der Waals surface area contributed by atoms with Crippen LogP contribution in [0.15, 0.2) is 48.5 Å². The van der Waals surface area contributed by atoms with Crippen LogP contribution in [0.3, 0.4) is 0 Å². The zero-order valence-corrected chi connectivity index (χ0v) is 9.76. The second kappa shape index (κ2) is 5.51. The highest BCUT2D eigenvalue weighted by Gasteiger charge is 2.15. The van der Waals surface area contributed by atoms with Crippen LogP contribution in [0.25, 0.3) is 0 Å². The Hall–Kier alpha value is -2.38. The van der Waals surface area contributed by atoms with Crippen LogP contribution in [0.4, 0.5) is 5.69 Å². The van der Waals surface area contributed by atoms with Crippen molar-refractivity contribution in [2.45, 2.75) is 0 Å². The predicted molar refractivity (Wildman–Crippen MR) is 69.4 cm³/mol. The summed E-state index contributed by atoms with van der Waals surface area (Å²) < 4.78 is 5.40. The molecule has 19 heavy (non-hydrogen) atoms. The molecule has 0 bridgehead atoms. The van der Waals surface area contributed by atoms with Gasteiger partial charge in [0.2, 0.25) is 5.75 Å². The summed E-state index contributed by atoms with van der Waals surface area (Å²) in [6.45, 7) is 0. The molecule has 7 heteroatoms. The molecule has 2 aromatic rings. The highest BCUT2D eigenvalue weighted by molar-refractivity contribution is 6.58. The molecular weight excluding hydrogens is 249 g/mol. The van der Waals surface area contributed by atoms with Crippen molar-refractivity contribution < 1.29 is 19.7 Å². The third-order valence-corrected chi connectivity index (χ3v) is 2.47. The summed E-state index contributed by atoms with van der Waals surface area (Å²) in [5.41, 5.74) is 0.184. The number of hydrogen-bond donors (Lipinski definition) is 2. The molecule has 2 N–H and O–H groups in total. The van der Waals surface area contributed by atoms with Crippen LogP contribution in [0.1, 0.15) is 0 Å². The van der Waals surface area contributed by atoms with Crippen LogP contribution in [0, 0.1) is 10.1 Å². The molecule has 0 aliphatic carbocycles. The van der Waals surface area contributed by atoms with Gasteiger partial charge in [-0.05, 0) is 23.7 Å². The van der Waals surface area contributed by atoms with Gasteiger partial charge < -0.3 is 14.8 Å². The van der Waals surface area contributed by atoms with Gasteiger partial charge in [-0.25, -0.2) is 0 Å². The lowest BCUT2D eigenvalue weighted by Crippen LogP contribution is -2.29. The maximum Gasteiger partial charge on any atom is 0.488 e. The number of nitrogens with zero attached hydrogens (tertiary/aromatic N) is 1. The van der Waals surface area contributed by atoms with Gasteiger partial charge >= 0.3 is 12.8 Å². The monoisotopic (exact) mass is 259 g/mol. The van der Waals surface area contributed by atoms with E-state index in [2.05, 4.69) is 0 Å². The van der Waals surface area contributed by atoms with Crippen LogP contribution >= 0.6 is 0 Å². The number of ether oxygens (including phenoxy) is 1. The lowest BCUT2D eigenvalue weighted by molar-refractivity contribution is -0.385. The number of rotatable bonds is 4. The smallest absolute Gasteiger partial charge is 0.450 e. The van der Waals surface area contributed by atoms with Crippen molar-refractivity contribution in [1.29, 1.82) is 0 Å². The van der Waals surface area contributed by atoms with Gasteiger partial charge in [-0.1, -0.05) is 24.3 Å². The third-order valence-electron chi connectivity index (χ3n) is 2.47. The Bertz CT molecular complexity index is 585. The minimum Gasteiger partial charge on any atom is -0.450 e. The summed E-state index contributed by atoms with van der Waals surface area (Å²) in [6, 6.07) is 12.0. The number of nitro benzene ring substituents is 1. The summed E-state index contributed by atoms with van der Waals surface area (Å²) in [5, 5.41) is 28.7. The molecule has 0 fully saturated rings. The van der Waals surface area contributed by atoms with Crippen LogP contribution in [0.5, 0.6) is 11.5 Å². The van der Waals surface area contributed by atoms with Crippen molar-refractivity contribution in [2.75, 3.05) is 0 Å². The summed E-state index contributed by atoms with van der Waals surface area (Å²) in [7, 11) is -1.56. The van der Waals surface area contributed by atoms with E-state index in [0.29, 0.717) is 11.2 Å². The van der Waals surface area contributed by atoms with Gasteiger partial charge in [-0.3, -0.25) is 10.1 Å². The minimum absolute atomic E-state index is 0.129. The van der Waals surface area contributed by atoms with E-state index in [4.69, 9.17) is 14.8 Å². The first-order chi connectivity index (χ1) is 9.08. The van der Waals surface area contributed by atoms with Crippen LogP contribution in [0.2, 0.25) is 0 Å². The van der Waals surface area contributed by atoms with Gasteiger partial charge in [0.15, 0.2) is 0 Å². The van der Waals surface area contributed by atoms with E-state index < -0.39 is 12.0 Å². The average molecular weight is 259 g/mol. The van der Waals surface area contributed by atoms with Gasteiger partial charge in [0.25, 0.3) is 0 Å². The first-order valence-corrected chi connectivity index (χ1v) is 5.45. The molecule has 0 saturated heterocycles. The Balaban J connectivity index is 2.24. The molecular formula is C12H10BNO5. The molecule has 96 valence electrons. The Morgan fingerprint density at radius 1 is 1.05 bits per heavy atom. The quantitative estimate of drug-likeness (QED) is 0.486. The standard InChI is InChI=1S/C12H10BNO5/c15-13(16)9-5-7-10(8-6-9)19-12-4-2-1-3-11(12)14(17)18/h1-8,15-16H. The third kappa shape index (κ3) is 3.09. The molecule has 0 unspecified atom stereocenters. The summed E-state index contributed by atoms with van der Waals surface area (Å²) >= 11 is 0. The van der Waals surface area contributed by atoms with E-state index >= 15 is 0 Å². The molecule has 0 atom stereocenters. The van der Waals surface area contributed by atoms with Crippen LogP contribution < -0.4 is 10.2 Å². The Kier molecular flexibility index (Phi) is 3.79. The summed E-state index contributed by atoms with van der Waals surface area (Å²) in [5.74, 6) is 0.503. The molecule has 0 spiro atoms. The van der Waals surface area contributed by atoms with Gasteiger partial charge in [0.05, 0.1) is 4.92 Å². The molecule has 2 rings (SSSR count). The van der Waals surface area contributed by atoms with E-state index in [1.54, 1.807) is 12.1 Å². The summed E-state index contributed by atoms with van der Waals surface area (Å²) in [4.78, 5) is 10.3. The fourth-order valence-corrected chi connectivity index (χ4v) is 1.53. The Morgan fingerprint density at radius 3 is 2.26 bits per heavy atom. The number of para-hydroxylation sites is 2. The lowest BCUT2D eigenvalue weighted by Gasteiger charge is -2.06. The van der Waals surface area contributed by atoms with Crippen molar-refractivity contribution in [3.05, 3.63) is 58.6 Å². The molecule has 0 amide bonds. The van der Waals surface area contributed by atoms with Gasteiger partial charge in [0.1, 0.15) is 5.75 Å². The fourth-order valence-electron chi connectivity index (χ4n) is 1.53. The summed E-state index contributed by atoms with van der Waals surface area (Å²) in [6.07, 6.45) is 0. The van der Waals surface area contributed by atoms with E-state index in [9.17, 15) is 10.1 Å². The normalized spacial score (nSPS) is 10.0. The van der Waals surface area contributed by atoms with E-state index in [1.165, 1.54) is 36.4 Å². The van der Waals surface area contributed by atoms with E-state index in [0.717, 1.165) is 0 Å². The zero-order chi connectivity index (χ0) is 13.8. The van der Waals surface area contributed by atoms with Crippen LogP contribution in [-0.4, -0.2) is 22.1 Å². The minimum atomic E-state index is -1.56. The van der Waals surface area contributed by atoms with E-state index in [-0.39, 0.29) is 11.4 Å². The van der Waals surface area contributed by atoms with Crippen molar-refractivity contribution in [2.24, 2.45) is 0 Å². The maximum absolute atomic E-state index is 10.8. The predicted octanol–water partition coefficient (Wildman–Crippen LogP) is 1.07. The number of hydrogen-bond acceptors (Lipinski definition) is 5. The van der Waals surface area contributed by atoms with Gasteiger partial charge in [-0.2, -0.15) is 0 Å². The second-order valence-electron chi connectivity index (χ2n) is 3.77. The van der Waals surface area contributed by atoms with Crippen molar-refractivity contribution in [3.8, 4) is 11.5 Å². The molecule has 0 aromatic heterocycles. The number of benzene rings is 2. The van der Waals surface area contributed by atoms with Crippen LogP contribution in [-0.2, 0) is 0 Å². The number of nitro groups is 1. The van der Waals surface area contributed by atoms with Gasteiger partial charge in [-0.15, -0.1) is 0 Å². The molecule has 0 radical (unpaired) electrons. The average Bonchev–Trinajstić information content (AvgIpc) is 2.39.